The Labute approximate surface area is 158 Å². The Balaban J connectivity index is 1.52. The van der Waals surface area contributed by atoms with E-state index in [0.29, 0.717) is 37.0 Å². The third-order valence-corrected chi connectivity index (χ3v) is 5.13. The summed E-state index contributed by atoms with van der Waals surface area (Å²) in [6.45, 7) is -0.0412. The summed E-state index contributed by atoms with van der Waals surface area (Å²) in [5.41, 5.74) is 1.46. The van der Waals surface area contributed by atoms with Crippen LogP contribution < -0.4 is 9.47 Å². The summed E-state index contributed by atoms with van der Waals surface area (Å²) in [6.07, 6.45) is 2.68. The predicted octanol–water partition coefficient (Wildman–Crippen LogP) is 3.78. The van der Waals surface area contributed by atoms with Crippen LogP contribution >= 0.6 is 0 Å². The maximum Gasteiger partial charge on any atom is 0.314 e. The molecule has 5 nitrogen and oxygen atoms in total. The highest BCUT2D eigenvalue weighted by molar-refractivity contribution is 5.98. The van der Waals surface area contributed by atoms with Gasteiger partial charge in [0.25, 0.3) is 0 Å². The van der Waals surface area contributed by atoms with Crippen LogP contribution in [0.1, 0.15) is 41.6 Å². The number of hydrogen-bond donors (Lipinski definition) is 1. The smallest absolute Gasteiger partial charge is 0.314 e. The van der Waals surface area contributed by atoms with Crippen LogP contribution in [-0.2, 0) is 11.4 Å². The Bertz CT molecular complexity index is 771. The van der Waals surface area contributed by atoms with Gasteiger partial charge in [0.05, 0.1) is 19.6 Å². The highest BCUT2D eigenvalue weighted by atomic mass is 16.5. The number of aliphatic hydroxyl groups excluding tert-OH is 1. The van der Waals surface area contributed by atoms with E-state index in [9.17, 15) is 9.59 Å². The second kappa shape index (κ2) is 8.82. The van der Waals surface area contributed by atoms with Gasteiger partial charge in [0.15, 0.2) is 5.78 Å². The Morgan fingerprint density at radius 1 is 0.889 bits per heavy atom. The highest BCUT2D eigenvalue weighted by Crippen LogP contribution is 2.32. The lowest BCUT2D eigenvalue weighted by Crippen LogP contribution is -2.28. The van der Waals surface area contributed by atoms with Gasteiger partial charge in [-0.2, -0.15) is 0 Å². The molecule has 1 saturated carbocycles. The van der Waals surface area contributed by atoms with E-state index in [2.05, 4.69) is 0 Å². The Morgan fingerprint density at radius 3 is 2.00 bits per heavy atom. The van der Waals surface area contributed by atoms with Crippen LogP contribution in [-0.4, -0.2) is 24.0 Å². The topological polar surface area (TPSA) is 72.8 Å². The molecular formula is C22H24O5. The first-order chi connectivity index (χ1) is 13.1. The van der Waals surface area contributed by atoms with E-state index in [0.717, 1.165) is 11.3 Å². The number of esters is 1. The van der Waals surface area contributed by atoms with Gasteiger partial charge >= 0.3 is 5.97 Å². The number of rotatable bonds is 6. The van der Waals surface area contributed by atoms with Crippen molar-refractivity contribution in [2.75, 3.05) is 7.11 Å². The zero-order chi connectivity index (χ0) is 19.2. The fourth-order valence-corrected chi connectivity index (χ4v) is 3.44. The Morgan fingerprint density at radius 2 is 1.44 bits per heavy atom. The minimum absolute atomic E-state index is 0.0412. The third kappa shape index (κ3) is 4.74. The fraction of sp³-hybridized carbons (Fsp3) is 0.364. The number of carbonyl (C=O) groups excluding carboxylic acids is 2. The average Bonchev–Trinajstić information content (AvgIpc) is 2.74. The lowest BCUT2D eigenvalue weighted by molar-refractivity contribution is -0.140. The minimum atomic E-state index is -0.248. The highest BCUT2D eigenvalue weighted by Gasteiger charge is 2.31. The molecule has 0 radical (unpaired) electrons. The predicted molar refractivity (Wildman–Crippen MR) is 101 cm³/mol. The number of methoxy groups -OCH3 is 1. The second-order valence-electron chi connectivity index (χ2n) is 6.86. The summed E-state index contributed by atoms with van der Waals surface area (Å²) >= 11 is 0. The zero-order valence-corrected chi connectivity index (χ0v) is 15.4. The van der Waals surface area contributed by atoms with E-state index in [4.69, 9.17) is 14.6 Å². The number of benzene rings is 2. The molecule has 1 aliphatic rings. The lowest BCUT2D eigenvalue weighted by Gasteiger charge is -2.26. The molecule has 142 valence electrons. The van der Waals surface area contributed by atoms with Gasteiger partial charge in [0, 0.05) is 11.5 Å². The number of ether oxygens (including phenoxy) is 2. The van der Waals surface area contributed by atoms with Crippen molar-refractivity contribution in [1.82, 2.24) is 0 Å². The molecule has 1 fully saturated rings. The quantitative estimate of drug-likeness (QED) is 0.477. The number of Topliss-reactive ketones (excluding diaryl/α,β-unsaturated/α-hetero) is 1. The van der Waals surface area contributed by atoms with Crippen LogP contribution in [0.3, 0.4) is 0 Å². The van der Waals surface area contributed by atoms with E-state index in [1.54, 1.807) is 55.6 Å². The summed E-state index contributed by atoms with van der Waals surface area (Å²) < 4.78 is 10.6. The summed E-state index contributed by atoms with van der Waals surface area (Å²) in [5.74, 6) is 0.860. The van der Waals surface area contributed by atoms with Crippen molar-refractivity contribution in [3.05, 3.63) is 59.7 Å². The van der Waals surface area contributed by atoms with Crippen LogP contribution in [0, 0.1) is 11.8 Å². The van der Waals surface area contributed by atoms with E-state index >= 15 is 0 Å². The maximum absolute atomic E-state index is 12.6. The molecule has 2 aromatic carbocycles. The first-order valence-electron chi connectivity index (χ1n) is 9.20. The van der Waals surface area contributed by atoms with Crippen molar-refractivity contribution in [2.24, 2.45) is 11.8 Å². The van der Waals surface area contributed by atoms with Gasteiger partial charge in [0.1, 0.15) is 11.5 Å². The van der Waals surface area contributed by atoms with Crippen molar-refractivity contribution in [3.8, 4) is 11.5 Å². The monoisotopic (exact) mass is 368 g/mol. The molecule has 0 heterocycles. The van der Waals surface area contributed by atoms with Crippen molar-refractivity contribution in [2.45, 2.75) is 32.3 Å². The second-order valence-corrected chi connectivity index (χ2v) is 6.86. The molecular weight excluding hydrogens is 344 g/mol. The molecule has 3 rings (SSSR count). The van der Waals surface area contributed by atoms with Crippen molar-refractivity contribution in [3.63, 3.8) is 0 Å². The normalized spacial score (nSPS) is 19.3. The first kappa shape index (κ1) is 19.1. The van der Waals surface area contributed by atoms with Crippen molar-refractivity contribution >= 4 is 11.8 Å². The van der Waals surface area contributed by atoms with Gasteiger partial charge in [-0.3, -0.25) is 9.59 Å². The van der Waals surface area contributed by atoms with Crippen LogP contribution in [0.5, 0.6) is 11.5 Å². The zero-order valence-electron chi connectivity index (χ0n) is 15.4. The van der Waals surface area contributed by atoms with E-state index in [1.807, 2.05) is 0 Å². The number of ketones is 1. The molecule has 0 atom stereocenters. The van der Waals surface area contributed by atoms with Gasteiger partial charge in [-0.15, -0.1) is 0 Å². The summed E-state index contributed by atoms with van der Waals surface area (Å²) in [5, 5.41) is 9.05. The summed E-state index contributed by atoms with van der Waals surface area (Å²) in [7, 11) is 1.60. The number of hydrogen-bond acceptors (Lipinski definition) is 5. The molecule has 2 aromatic rings. The molecule has 0 amide bonds. The molecule has 0 unspecified atom stereocenters. The van der Waals surface area contributed by atoms with E-state index in [1.165, 1.54) is 0 Å². The van der Waals surface area contributed by atoms with Crippen molar-refractivity contribution in [1.29, 1.82) is 0 Å². The van der Waals surface area contributed by atoms with E-state index in [-0.39, 0.29) is 30.2 Å². The minimum Gasteiger partial charge on any atom is -0.497 e. The molecule has 0 aromatic heterocycles. The van der Waals surface area contributed by atoms with Gasteiger partial charge in [-0.1, -0.05) is 12.1 Å². The first-order valence-corrected chi connectivity index (χ1v) is 9.20. The standard InChI is InChI=1S/C22H24O5/c1-26-19-12-8-17(9-13-19)21(24)16-4-6-18(7-5-16)22(25)27-20-10-2-15(14-23)3-11-20/h2-3,8-13,16,18,23H,4-7,14H2,1H3. The van der Waals surface area contributed by atoms with Gasteiger partial charge in [-0.05, 0) is 67.6 Å². The van der Waals surface area contributed by atoms with Gasteiger partial charge in [-0.25, -0.2) is 0 Å². The van der Waals surface area contributed by atoms with Crippen LogP contribution in [0.15, 0.2) is 48.5 Å². The molecule has 27 heavy (non-hydrogen) atoms. The van der Waals surface area contributed by atoms with Crippen LogP contribution in [0.25, 0.3) is 0 Å². The van der Waals surface area contributed by atoms with Crippen LogP contribution in [0.2, 0.25) is 0 Å². The average molecular weight is 368 g/mol. The molecule has 5 heteroatoms. The molecule has 0 aliphatic heterocycles. The largest absolute Gasteiger partial charge is 0.497 e. The lowest BCUT2D eigenvalue weighted by atomic mass is 9.78. The molecule has 1 N–H and O–H groups in total. The Kier molecular flexibility index (Phi) is 6.24. The molecule has 0 bridgehead atoms. The third-order valence-electron chi connectivity index (χ3n) is 5.13. The summed E-state index contributed by atoms with van der Waals surface area (Å²) in [4.78, 5) is 25.0. The van der Waals surface area contributed by atoms with Crippen LogP contribution in [0.4, 0.5) is 0 Å². The van der Waals surface area contributed by atoms with Gasteiger partial charge < -0.3 is 14.6 Å². The van der Waals surface area contributed by atoms with Crippen molar-refractivity contribution < 1.29 is 24.2 Å². The summed E-state index contributed by atoms with van der Waals surface area (Å²) in [6, 6.07) is 14.0. The number of aliphatic hydroxyl groups is 1. The molecule has 0 spiro atoms. The SMILES string of the molecule is COc1ccc(C(=O)C2CCC(C(=O)Oc3ccc(CO)cc3)CC2)cc1. The Hall–Kier alpha value is -2.66. The number of carbonyl (C=O) groups is 2. The molecule has 1 aliphatic carbocycles. The maximum atomic E-state index is 12.6. The fourth-order valence-electron chi connectivity index (χ4n) is 3.44. The van der Waals surface area contributed by atoms with E-state index < -0.39 is 0 Å². The van der Waals surface area contributed by atoms with Gasteiger partial charge in [0.2, 0.25) is 0 Å². The molecule has 0 saturated heterocycles.